The van der Waals surface area contributed by atoms with Gasteiger partial charge in [0.1, 0.15) is 0 Å². The minimum absolute atomic E-state index is 0.239. The van der Waals surface area contributed by atoms with Crippen molar-refractivity contribution in [2.24, 2.45) is 5.92 Å². The summed E-state index contributed by atoms with van der Waals surface area (Å²) in [7, 11) is 0. The van der Waals surface area contributed by atoms with Gasteiger partial charge in [-0.05, 0) is 75.0 Å². The molecular weight excluding hydrogens is 378 g/mol. The summed E-state index contributed by atoms with van der Waals surface area (Å²) in [4.78, 5) is 29.1. The highest BCUT2D eigenvalue weighted by atomic mass is 16.4. The number of likely N-dealkylation sites (tertiary alicyclic amines) is 1. The first kappa shape index (κ1) is 20.4. The summed E-state index contributed by atoms with van der Waals surface area (Å²) in [6.45, 7) is 5.22. The van der Waals surface area contributed by atoms with Crippen molar-refractivity contribution in [1.82, 2.24) is 4.90 Å². The summed E-state index contributed by atoms with van der Waals surface area (Å²) in [5.41, 5.74) is 2.02. The Kier molecular flexibility index (Phi) is 6.33. The molecule has 158 valence electrons. The Hall–Kier alpha value is -2.86. The predicted molar refractivity (Wildman–Crippen MR) is 118 cm³/mol. The highest BCUT2D eigenvalue weighted by Crippen LogP contribution is 2.30. The number of piperidine rings is 1. The second-order valence-electron chi connectivity index (χ2n) is 8.32. The minimum atomic E-state index is -0.970. The van der Waals surface area contributed by atoms with E-state index in [1.54, 1.807) is 36.4 Å². The van der Waals surface area contributed by atoms with Crippen LogP contribution in [-0.4, -0.2) is 54.6 Å². The molecule has 0 aliphatic carbocycles. The first-order valence-corrected chi connectivity index (χ1v) is 10.8. The largest absolute Gasteiger partial charge is 0.478 e. The molecule has 2 aliphatic rings. The molecule has 2 aliphatic heterocycles. The molecule has 1 amide bonds. The molecule has 2 aromatic carbocycles. The number of nitrogens with zero attached hydrogens (tertiary/aromatic N) is 2. The summed E-state index contributed by atoms with van der Waals surface area (Å²) < 4.78 is 0. The summed E-state index contributed by atoms with van der Waals surface area (Å²) in [5.74, 6) is -0.651. The predicted octanol–water partition coefficient (Wildman–Crippen LogP) is 3.95. The van der Waals surface area contributed by atoms with Crippen LogP contribution in [-0.2, 0) is 0 Å². The van der Waals surface area contributed by atoms with E-state index in [9.17, 15) is 14.7 Å². The van der Waals surface area contributed by atoms with Crippen molar-refractivity contribution in [3.8, 4) is 0 Å². The van der Waals surface area contributed by atoms with Gasteiger partial charge in [-0.25, -0.2) is 4.79 Å². The summed E-state index contributed by atoms with van der Waals surface area (Å²) in [6, 6.07) is 14.1. The summed E-state index contributed by atoms with van der Waals surface area (Å²) >= 11 is 0. The third-order valence-corrected chi connectivity index (χ3v) is 6.10. The van der Waals surface area contributed by atoms with E-state index in [1.807, 2.05) is 12.1 Å². The summed E-state index contributed by atoms with van der Waals surface area (Å²) in [5, 5.41) is 12.6. The molecule has 6 nitrogen and oxygen atoms in total. The topological polar surface area (TPSA) is 72.9 Å². The molecule has 6 heteroatoms. The highest BCUT2D eigenvalue weighted by Gasteiger charge is 2.26. The Bertz CT molecular complexity index is 894. The van der Waals surface area contributed by atoms with Crippen molar-refractivity contribution < 1.29 is 14.7 Å². The molecule has 0 radical (unpaired) electrons. The maximum absolute atomic E-state index is 12.4. The van der Waals surface area contributed by atoms with Crippen molar-refractivity contribution >= 4 is 23.3 Å². The Balaban J connectivity index is 1.48. The number of hydrogen-bond acceptors (Lipinski definition) is 4. The van der Waals surface area contributed by atoms with Crippen molar-refractivity contribution in [2.75, 3.05) is 42.9 Å². The van der Waals surface area contributed by atoms with Crippen LogP contribution in [0.5, 0.6) is 0 Å². The number of amides is 1. The molecule has 2 saturated heterocycles. The maximum Gasteiger partial charge on any atom is 0.337 e. The van der Waals surface area contributed by atoms with Gasteiger partial charge in [-0.3, -0.25) is 4.79 Å². The van der Waals surface area contributed by atoms with Gasteiger partial charge in [0, 0.05) is 30.9 Å². The number of benzene rings is 2. The van der Waals surface area contributed by atoms with Gasteiger partial charge in [-0.15, -0.1) is 0 Å². The zero-order chi connectivity index (χ0) is 20.9. The normalized spacial score (nSPS) is 19.6. The van der Waals surface area contributed by atoms with Gasteiger partial charge in [0.15, 0.2) is 0 Å². The lowest BCUT2D eigenvalue weighted by Gasteiger charge is -2.36. The van der Waals surface area contributed by atoms with Crippen LogP contribution in [0.3, 0.4) is 0 Å². The Morgan fingerprint density at radius 3 is 2.50 bits per heavy atom. The third-order valence-electron chi connectivity index (χ3n) is 6.10. The van der Waals surface area contributed by atoms with Crippen molar-refractivity contribution in [2.45, 2.75) is 25.7 Å². The SMILES string of the molecule is O=C(Nc1ccc(N2CCCC(CN3CCCC3)C2)c(C(=O)O)c1)c1ccccc1. The van der Waals surface area contributed by atoms with Crippen LogP contribution in [0, 0.1) is 5.92 Å². The fourth-order valence-corrected chi connectivity index (χ4v) is 4.62. The fourth-order valence-electron chi connectivity index (χ4n) is 4.62. The molecule has 2 aromatic rings. The van der Waals surface area contributed by atoms with Crippen LogP contribution in [0.4, 0.5) is 11.4 Å². The van der Waals surface area contributed by atoms with Crippen LogP contribution >= 0.6 is 0 Å². The molecule has 1 atom stereocenters. The first-order valence-electron chi connectivity index (χ1n) is 10.8. The van der Waals surface area contributed by atoms with Gasteiger partial charge in [-0.1, -0.05) is 18.2 Å². The zero-order valence-corrected chi connectivity index (χ0v) is 17.2. The maximum atomic E-state index is 12.4. The Morgan fingerprint density at radius 1 is 1.00 bits per heavy atom. The van der Waals surface area contributed by atoms with Crippen LogP contribution < -0.4 is 10.2 Å². The zero-order valence-electron chi connectivity index (χ0n) is 17.2. The average Bonchev–Trinajstić information content (AvgIpc) is 3.27. The molecule has 30 heavy (non-hydrogen) atoms. The number of carbonyl (C=O) groups is 2. The molecular formula is C24H29N3O3. The van der Waals surface area contributed by atoms with E-state index in [2.05, 4.69) is 15.1 Å². The second-order valence-corrected chi connectivity index (χ2v) is 8.32. The molecule has 0 bridgehead atoms. The molecule has 2 heterocycles. The Morgan fingerprint density at radius 2 is 1.77 bits per heavy atom. The Labute approximate surface area is 177 Å². The molecule has 1 unspecified atom stereocenters. The van der Waals surface area contributed by atoms with Crippen molar-refractivity contribution in [1.29, 1.82) is 0 Å². The lowest BCUT2D eigenvalue weighted by Crippen LogP contribution is -2.41. The van der Waals surface area contributed by atoms with Gasteiger partial charge in [0.2, 0.25) is 0 Å². The van der Waals surface area contributed by atoms with E-state index in [0.29, 0.717) is 17.2 Å². The molecule has 0 spiro atoms. The number of carbonyl (C=O) groups excluding carboxylic acids is 1. The number of carboxylic acids is 1. The fraction of sp³-hybridized carbons (Fsp3) is 0.417. The van der Waals surface area contributed by atoms with Gasteiger partial charge in [0.25, 0.3) is 5.91 Å². The average molecular weight is 408 g/mol. The van der Waals surface area contributed by atoms with Crippen molar-refractivity contribution in [3.05, 3.63) is 59.7 Å². The highest BCUT2D eigenvalue weighted by molar-refractivity contribution is 6.05. The quantitative estimate of drug-likeness (QED) is 0.759. The number of carboxylic acid groups (broad SMARTS) is 1. The van der Waals surface area contributed by atoms with Crippen LogP contribution in [0.1, 0.15) is 46.4 Å². The van der Waals surface area contributed by atoms with E-state index >= 15 is 0 Å². The van der Waals surface area contributed by atoms with E-state index in [0.717, 1.165) is 31.7 Å². The van der Waals surface area contributed by atoms with Crippen LogP contribution in [0.2, 0.25) is 0 Å². The van der Waals surface area contributed by atoms with Gasteiger partial charge in [0.05, 0.1) is 11.3 Å². The monoisotopic (exact) mass is 407 g/mol. The number of anilines is 2. The van der Waals surface area contributed by atoms with Gasteiger partial charge >= 0.3 is 5.97 Å². The minimum Gasteiger partial charge on any atom is -0.478 e. The van der Waals surface area contributed by atoms with E-state index in [1.165, 1.54) is 32.4 Å². The smallest absolute Gasteiger partial charge is 0.337 e. The number of rotatable bonds is 6. The number of nitrogens with one attached hydrogen (secondary N) is 1. The van der Waals surface area contributed by atoms with E-state index in [4.69, 9.17) is 0 Å². The van der Waals surface area contributed by atoms with E-state index in [-0.39, 0.29) is 11.5 Å². The van der Waals surface area contributed by atoms with Crippen LogP contribution in [0.15, 0.2) is 48.5 Å². The molecule has 0 aromatic heterocycles. The van der Waals surface area contributed by atoms with E-state index < -0.39 is 5.97 Å². The number of aromatic carboxylic acids is 1. The standard InChI is InChI=1S/C24H29N3O3/c28-23(19-8-2-1-3-9-19)25-20-10-11-22(21(15-20)24(29)30)27-14-6-7-18(17-27)16-26-12-4-5-13-26/h1-3,8-11,15,18H,4-7,12-14,16-17H2,(H,25,28)(H,29,30). The molecule has 2 N–H and O–H groups in total. The lowest BCUT2D eigenvalue weighted by atomic mass is 9.96. The molecule has 0 saturated carbocycles. The molecule has 2 fully saturated rings. The first-order chi connectivity index (χ1) is 14.6. The molecule has 4 rings (SSSR count). The summed E-state index contributed by atoms with van der Waals surface area (Å²) in [6.07, 6.45) is 4.84. The third kappa shape index (κ3) is 4.82. The van der Waals surface area contributed by atoms with Crippen molar-refractivity contribution in [3.63, 3.8) is 0 Å². The van der Waals surface area contributed by atoms with Gasteiger partial charge in [-0.2, -0.15) is 0 Å². The number of hydrogen-bond donors (Lipinski definition) is 2. The van der Waals surface area contributed by atoms with Crippen LogP contribution in [0.25, 0.3) is 0 Å². The lowest BCUT2D eigenvalue weighted by molar-refractivity contribution is 0.0697. The van der Waals surface area contributed by atoms with Gasteiger partial charge < -0.3 is 20.2 Å². The second kappa shape index (κ2) is 9.30.